The van der Waals surface area contributed by atoms with Gasteiger partial charge in [-0.05, 0) is 49.7 Å². The Morgan fingerprint density at radius 3 is 2.61 bits per heavy atom. The third kappa shape index (κ3) is 5.89. The van der Waals surface area contributed by atoms with Gasteiger partial charge in [0.05, 0.1) is 34.3 Å². The van der Waals surface area contributed by atoms with Crippen LogP contribution in [0.4, 0.5) is 5.82 Å². The van der Waals surface area contributed by atoms with E-state index in [2.05, 4.69) is 45.8 Å². The Morgan fingerprint density at radius 1 is 1.17 bits per heavy atom. The number of likely N-dealkylation sites (N-methyl/N-ethyl adjacent to an activating group) is 1. The molecule has 0 spiro atoms. The second-order valence-corrected chi connectivity index (χ2v) is 11.1. The lowest BCUT2D eigenvalue weighted by molar-refractivity contribution is 0.0938. The van der Waals surface area contributed by atoms with Gasteiger partial charge in [-0.15, -0.1) is 11.3 Å². The number of hydrogen-bond acceptors (Lipinski definition) is 8. The van der Waals surface area contributed by atoms with Gasteiger partial charge in [0, 0.05) is 24.3 Å². The minimum atomic E-state index is -3.61. The van der Waals surface area contributed by atoms with Crippen LogP contribution >= 0.6 is 11.3 Å². The number of nitrogens with one attached hydrogen (secondary N) is 2. The van der Waals surface area contributed by atoms with E-state index in [4.69, 9.17) is 4.98 Å². The van der Waals surface area contributed by atoms with Crippen molar-refractivity contribution in [1.29, 1.82) is 0 Å². The van der Waals surface area contributed by atoms with E-state index in [1.54, 1.807) is 28.1 Å². The van der Waals surface area contributed by atoms with Crippen LogP contribution in [0.2, 0.25) is 0 Å². The van der Waals surface area contributed by atoms with Gasteiger partial charge in [-0.2, -0.15) is 5.10 Å². The fourth-order valence-electron chi connectivity index (χ4n) is 3.97. The number of rotatable bonds is 10. The molecule has 0 unspecified atom stereocenters. The van der Waals surface area contributed by atoms with Crippen molar-refractivity contribution in [2.75, 3.05) is 30.6 Å². The first kappa shape index (κ1) is 25.7. The Labute approximate surface area is 214 Å². The Hall–Kier alpha value is -3.35. The maximum Gasteiger partial charge on any atom is 0.251 e. The van der Waals surface area contributed by atoms with E-state index in [1.165, 1.54) is 6.07 Å². The molecular weight excluding hydrogens is 498 g/mol. The summed E-state index contributed by atoms with van der Waals surface area (Å²) in [6.07, 6.45) is 4.45. The van der Waals surface area contributed by atoms with Gasteiger partial charge in [0.1, 0.15) is 5.82 Å². The highest BCUT2D eigenvalue weighted by molar-refractivity contribution is 7.92. The topological polar surface area (TPSA) is 122 Å². The molecule has 4 rings (SSSR count). The largest absolute Gasteiger partial charge is 0.350 e. The molecular formula is C24H29N7O3S2. The van der Waals surface area contributed by atoms with E-state index >= 15 is 0 Å². The average molecular weight is 528 g/mol. The van der Waals surface area contributed by atoms with Crippen molar-refractivity contribution in [3.63, 3.8) is 0 Å². The summed E-state index contributed by atoms with van der Waals surface area (Å²) in [4.78, 5) is 25.6. The van der Waals surface area contributed by atoms with E-state index in [-0.39, 0.29) is 23.3 Å². The van der Waals surface area contributed by atoms with E-state index < -0.39 is 10.0 Å². The molecule has 0 fully saturated rings. The van der Waals surface area contributed by atoms with Gasteiger partial charge in [-0.1, -0.05) is 19.9 Å². The number of aromatic nitrogens is 4. The van der Waals surface area contributed by atoms with Crippen molar-refractivity contribution in [2.24, 2.45) is 0 Å². The van der Waals surface area contributed by atoms with Crippen LogP contribution in [0.25, 0.3) is 27.5 Å². The monoisotopic (exact) mass is 527 g/mol. The summed E-state index contributed by atoms with van der Waals surface area (Å²) in [5.74, 6) is -0.274. The van der Waals surface area contributed by atoms with Gasteiger partial charge in [0.2, 0.25) is 10.0 Å². The normalized spacial score (nSPS) is 12.7. The zero-order valence-corrected chi connectivity index (χ0v) is 22.2. The van der Waals surface area contributed by atoms with Crippen molar-refractivity contribution < 1.29 is 13.2 Å². The third-order valence-corrected chi connectivity index (χ3v) is 7.26. The third-order valence-electron chi connectivity index (χ3n) is 5.79. The molecule has 10 nitrogen and oxygen atoms in total. The van der Waals surface area contributed by atoms with Crippen molar-refractivity contribution in [1.82, 2.24) is 29.8 Å². The first-order valence-corrected chi connectivity index (χ1v) is 14.4. The Bertz CT molecular complexity index is 1460. The number of carbonyl (C=O) groups is 1. The number of anilines is 1. The fourth-order valence-corrected chi connectivity index (χ4v) is 5.15. The highest BCUT2D eigenvalue weighted by atomic mass is 32.2. The van der Waals surface area contributed by atoms with Crippen LogP contribution < -0.4 is 10.0 Å². The zero-order chi connectivity index (χ0) is 25.9. The maximum absolute atomic E-state index is 13.1. The predicted octanol–water partition coefficient (Wildman–Crippen LogP) is 3.35. The minimum absolute atomic E-state index is 0.0469. The molecule has 0 bridgehead atoms. The van der Waals surface area contributed by atoms with Gasteiger partial charge < -0.3 is 5.32 Å². The van der Waals surface area contributed by atoms with Gasteiger partial charge in [0.15, 0.2) is 5.65 Å². The van der Waals surface area contributed by atoms with Gasteiger partial charge in [-0.3, -0.25) is 14.4 Å². The highest BCUT2D eigenvalue weighted by Gasteiger charge is 2.18. The molecule has 2 N–H and O–H groups in total. The lowest BCUT2D eigenvalue weighted by Gasteiger charge is -2.26. The molecule has 0 saturated carbocycles. The molecule has 36 heavy (non-hydrogen) atoms. The molecule has 1 amide bonds. The van der Waals surface area contributed by atoms with Crippen LogP contribution in [-0.4, -0.2) is 70.7 Å². The van der Waals surface area contributed by atoms with Crippen molar-refractivity contribution >= 4 is 38.7 Å². The van der Waals surface area contributed by atoms with E-state index in [1.807, 2.05) is 29.8 Å². The Morgan fingerprint density at radius 2 is 1.94 bits per heavy atom. The second-order valence-electron chi connectivity index (χ2n) is 8.40. The molecule has 190 valence electrons. The van der Waals surface area contributed by atoms with Gasteiger partial charge >= 0.3 is 0 Å². The molecule has 0 aliphatic heterocycles. The van der Waals surface area contributed by atoms with E-state index in [9.17, 15) is 13.2 Å². The summed E-state index contributed by atoms with van der Waals surface area (Å²) in [6, 6.07) is 9.02. The molecule has 0 saturated heterocycles. The SMILES string of the molecule is CCN(CC)[C@@H](C)CNC(=O)c1cc(NS(C)(=O)=O)nc(-c2cnn3ccc(-c4cccs4)nc23)c1. The first-order valence-electron chi connectivity index (χ1n) is 11.6. The molecule has 0 aliphatic rings. The first-order chi connectivity index (χ1) is 17.2. The summed E-state index contributed by atoms with van der Waals surface area (Å²) in [7, 11) is -3.61. The van der Waals surface area contributed by atoms with Crippen LogP contribution in [0.1, 0.15) is 31.1 Å². The predicted molar refractivity (Wildman–Crippen MR) is 143 cm³/mol. The van der Waals surface area contributed by atoms with Crippen LogP contribution in [0.5, 0.6) is 0 Å². The second kappa shape index (κ2) is 10.7. The molecule has 0 aliphatic carbocycles. The molecule has 0 aromatic carbocycles. The molecule has 1 atom stereocenters. The number of carbonyl (C=O) groups excluding carboxylic acids is 1. The summed E-state index contributed by atoms with van der Waals surface area (Å²) in [5.41, 5.74) is 2.58. The summed E-state index contributed by atoms with van der Waals surface area (Å²) >= 11 is 1.58. The summed E-state index contributed by atoms with van der Waals surface area (Å²) in [5, 5.41) is 9.30. The smallest absolute Gasteiger partial charge is 0.251 e. The molecule has 4 aromatic rings. The van der Waals surface area contributed by atoms with Crippen LogP contribution in [-0.2, 0) is 10.0 Å². The average Bonchev–Trinajstić information content (AvgIpc) is 3.52. The number of fused-ring (bicyclic) bond motifs is 1. The minimum Gasteiger partial charge on any atom is -0.350 e. The maximum atomic E-state index is 13.1. The fraction of sp³-hybridized carbons (Fsp3) is 0.333. The highest BCUT2D eigenvalue weighted by Crippen LogP contribution is 2.28. The van der Waals surface area contributed by atoms with Crippen LogP contribution in [0, 0.1) is 0 Å². The molecule has 4 heterocycles. The Kier molecular flexibility index (Phi) is 7.67. The quantitative estimate of drug-likeness (QED) is 0.324. The van der Waals surface area contributed by atoms with Gasteiger partial charge in [0.25, 0.3) is 5.91 Å². The number of nitrogens with zero attached hydrogens (tertiary/aromatic N) is 5. The Balaban J connectivity index is 1.72. The number of sulfonamides is 1. The van der Waals surface area contributed by atoms with E-state index in [0.717, 1.165) is 29.9 Å². The van der Waals surface area contributed by atoms with E-state index in [0.29, 0.717) is 23.4 Å². The lowest BCUT2D eigenvalue weighted by atomic mass is 10.1. The number of pyridine rings is 1. The zero-order valence-electron chi connectivity index (χ0n) is 20.6. The number of hydrogen-bond donors (Lipinski definition) is 2. The van der Waals surface area contributed by atoms with Crippen LogP contribution in [0.15, 0.2) is 48.1 Å². The summed E-state index contributed by atoms with van der Waals surface area (Å²) < 4.78 is 27.9. The molecule has 4 aromatic heterocycles. The lowest BCUT2D eigenvalue weighted by Crippen LogP contribution is -2.42. The van der Waals surface area contributed by atoms with Crippen molar-refractivity contribution in [3.8, 4) is 21.8 Å². The standard InChI is InChI=1S/C24H29N7O3S2/c1-5-30(6-2)16(3)14-25-24(32)17-12-20(27-22(13-17)29-36(4,33)34)18-15-26-31-10-9-19(28-23(18)31)21-8-7-11-35-21/h7-13,15-16H,5-6,14H2,1-4H3,(H,25,32)(H,27,29)/t16-/m0/s1. The van der Waals surface area contributed by atoms with Crippen LogP contribution in [0.3, 0.4) is 0 Å². The summed E-state index contributed by atoms with van der Waals surface area (Å²) in [6.45, 7) is 8.42. The van der Waals surface area contributed by atoms with Gasteiger partial charge in [-0.25, -0.2) is 22.9 Å². The number of thiophene rings is 1. The van der Waals surface area contributed by atoms with Crippen molar-refractivity contribution in [3.05, 3.63) is 53.7 Å². The number of amides is 1. The van der Waals surface area contributed by atoms with Crippen molar-refractivity contribution in [2.45, 2.75) is 26.8 Å². The molecule has 0 radical (unpaired) electrons. The molecule has 12 heteroatoms.